The van der Waals surface area contributed by atoms with E-state index in [-0.39, 0.29) is 5.91 Å². The first-order valence-electron chi connectivity index (χ1n) is 7.13. The molecule has 0 atom stereocenters. The molecule has 0 aliphatic carbocycles. The summed E-state index contributed by atoms with van der Waals surface area (Å²) in [6.45, 7) is 2.62. The van der Waals surface area contributed by atoms with Crippen LogP contribution in [0.25, 0.3) is 0 Å². The highest BCUT2D eigenvalue weighted by Gasteiger charge is 2.24. The fourth-order valence-electron chi connectivity index (χ4n) is 2.75. The van der Waals surface area contributed by atoms with Crippen LogP contribution < -0.4 is 0 Å². The number of fused-ring (bicyclic) bond motifs is 1. The lowest BCUT2D eigenvalue weighted by Gasteiger charge is -2.28. The summed E-state index contributed by atoms with van der Waals surface area (Å²) in [5.41, 5.74) is 1.69. The molecule has 4 heterocycles. The summed E-state index contributed by atoms with van der Waals surface area (Å²) in [4.78, 5) is 18.6. The molecule has 112 valence electrons. The Morgan fingerprint density at radius 1 is 1.36 bits per heavy atom. The van der Waals surface area contributed by atoms with Gasteiger partial charge in [0.2, 0.25) is 0 Å². The van der Waals surface area contributed by atoms with Crippen molar-refractivity contribution in [1.29, 1.82) is 0 Å². The van der Waals surface area contributed by atoms with E-state index in [0.29, 0.717) is 25.2 Å². The maximum atomic E-state index is 12.3. The predicted octanol–water partition coefficient (Wildman–Crippen LogP) is 1.38. The molecule has 0 fully saturated rings. The van der Waals surface area contributed by atoms with Crippen molar-refractivity contribution in [3.05, 3.63) is 60.3 Å². The van der Waals surface area contributed by atoms with Crippen LogP contribution in [0.5, 0.6) is 0 Å². The molecule has 7 heteroatoms. The Morgan fingerprint density at radius 2 is 2.32 bits per heavy atom. The number of hydrogen-bond donors (Lipinski definition) is 0. The lowest BCUT2D eigenvalue weighted by molar-refractivity contribution is 0.0705. The van der Waals surface area contributed by atoms with Gasteiger partial charge in [0.1, 0.15) is 12.1 Å². The van der Waals surface area contributed by atoms with Gasteiger partial charge in [0.15, 0.2) is 0 Å². The molecule has 0 aromatic carbocycles. The summed E-state index contributed by atoms with van der Waals surface area (Å²) < 4.78 is 9.02. The quantitative estimate of drug-likeness (QED) is 0.732. The number of nitrogens with zero attached hydrogens (tertiary/aromatic N) is 5. The highest BCUT2D eigenvalue weighted by atomic mass is 16.3. The lowest BCUT2D eigenvalue weighted by Crippen LogP contribution is -2.38. The first kappa shape index (κ1) is 12.9. The van der Waals surface area contributed by atoms with Gasteiger partial charge in [-0.15, -0.1) is 0 Å². The number of amides is 1. The number of hydrogen-bond acceptors (Lipinski definition) is 4. The molecule has 0 spiro atoms. The normalized spacial score (nSPS) is 14.1. The third kappa shape index (κ3) is 2.20. The van der Waals surface area contributed by atoms with Crippen LogP contribution in [0, 0.1) is 0 Å². The van der Waals surface area contributed by atoms with Crippen molar-refractivity contribution in [2.75, 3.05) is 6.54 Å². The Hall–Kier alpha value is -2.83. The number of rotatable bonds is 3. The van der Waals surface area contributed by atoms with Crippen molar-refractivity contribution in [3.8, 4) is 0 Å². The minimum atomic E-state index is -0.0170. The van der Waals surface area contributed by atoms with E-state index >= 15 is 0 Å². The fraction of sp³-hybridized carbons (Fsp3) is 0.267. The van der Waals surface area contributed by atoms with Gasteiger partial charge < -0.3 is 13.9 Å². The molecule has 0 bridgehead atoms. The van der Waals surface area contributed by atoms with Crippen LogP contribution in [0.2, 0.25) is 0 Å². The second kappa shape index (κ2) is 5.18. The van der Waals surface area contributed by atoms with E-state index in [0.717, 1.165) is 18.1 Å². The molecular weight excluding hydrogens is 282 g/mol. The Bertz CT molecular complexity index is 773. The average molecular weight is 297 g/mol. The van der Waals surface area contributed by atoms with Gasteiger partial charge in [-0.1, -0.05) is 0 Å². The molecule has 7 nitrogen and oxygen atoms in total. The average Bonchev–Trinajstić information content (AvgIpc) is 3.29. The maximum Gasteiger partial charge on any atom is 0.257 e. The van der Waals surface area contributed by atoms with Crippen molar-refractivity contribution >= 4 is 5.91 Å². The largest absolute Gasteiger partial charge is 0.472 e. The second-order valence-electron chi connectivity index (χ2n) is 5.26. The highest BCUT2D eigenvalue weighted by molar-refractivity contribution is 5.93. The van der Waals surface area contributed by atoms with Crippen LogP contribution in [-0.2, 0) is 19.6 Å². The van der Waals surface area contributed by atoms with Gasteiger partial charge in [-0.25, -0.2) is 4.98 Å². The van der Waals surface area contributed by atoms with Crippen molar-refractivity contribution in [1.82, 2.24) is 24.2 Å². The van der Waals surface area contributed by atoms with Crippen LogP contribution >= 0.6 is 0 Å². The maximum absolute atomic E-state index is 12.3. The zero-order chi connectivity index (χ0) is 14.9. The molecule has 22 heavy (non-hydrogen) atoms. The Balaban J connectivity index is 1.53. The number of furan rings is 1. The van der Waals surface area contributed by atoms with Gasteiger partial charge in [0.05, 0.1) is 36.8 Å². The monoisotopic (exact) mass is 297 g/mol. The highest BCUT2D eigenvalue weighted by Crippen LogP contribution is 2.17. The summed E-state index contributed by atoms with van der Waals surface area (Å²) in [7, 11) is 0. The molecule has 1 amide bonds. The summed E-state index contributed by atoms with van der Waals surface area (Å²) in [6, 6.07) is 3.59. The predicted molar refractivity (Wildman–Crippen MR) is 77.0 cm³/mol. The Labute approximate surface area is 126 Å². The van der Waals surface area contributed by atoms with Crippen molar-refractivity contribution in [2.24, 2.45) is 0 Å². The summed E-state index contributed by atoms with van der Waals surface area (Å²) >= 11 is 0. The summed E-state index contributed by atoms with van der Waals surface area (Å²) in [6.07, 6.45) is 8.55. The van der Waals surface area contributed by atoms with E-state index < -0.39 is 0 Å². The van der Waals surface area contributed by atoms with E-state index in [1.165, 1.54) is 12.5 Å². The number of carbonyl (C=O) groups excluding carboxylic acids is 1. The van der Waals surface area contributed by atoms with E-state index in [2.05, 4.69) is 14.6 Å². The summed E-state index contributed by atoms with van der Waals surface area (Å²) in [5.74, 6) is 0.891. The van der Waals surface area contributed by atoms with Gasteiger partial charge in [-0.3, -0.25) is 9.48 Å². The smallest absolute Gasteiger partial charge is 0.257 e. The standard InChI is InChI=1S/C15H15N5O2/c21-15(12-2-7-22-11-12)18-5-6-20-13(8-16-14(20)10-18)9-19-4-1-3-17-19/h1-4,7-8,11H,5-6,9-10H2. The first-order valence-corrected chi connectivity index (χ1v) is 7.13. The molecule has 1 aliphatic heterocycles. The molecule has 0 saturated carbocycles. The molecule has 3 aromatic heterocycles. The van der Waals surface area contributed by atoms with Crippen LogP contribution in [0.4, 0.5) is 0 Å². The van der Waals surface area contributed by atoms with E-state index in [4.69, 9.17) is 4.42 Å². The third-order valence-corrected chi connectivity index (χ3v) is 3.89. The third-order valence-electron chi connectivity index (χ3n) is 3.89. The van der Waals surface area contributed by atoms with E-state index in [1.807, 2.05) is 23.1 Å². The van der Waals surface area contributed by atoms with Gasteiger partial charge in [0, 0.05) is 25.5 Å². The van der Waals surface area contributed by atoms with Crippen molar-refractivity contribution < 1.29 is 9.21 Å². The number of aromatic nitrogens is 4. The zero-order valence-electron chi connectivity index (χ0n) is 11.9. The van der Waals surface area contributed by atoms with Gasteiger partial charge >= 0.3 is 0 Å². The van der Waals surface area contributed by atoms with Crippen LogP contribution in [0.3, 0.4) is 0 Å². The minimum absolute atomic E-state index is 0.0170. The van der Waals surface area contributed by atoms with E-state index in [9.17, 15) is 4.79 Å². The number of carbonyl (C=O) groups is 1. The Kier molecular flexibility index (Phi) is 3.03. The lowest BCUT2D eigenvalue weighted by atomic mass is 10.2. The van der Waals surface area contributed by atoms with Crippen LogP contribution in [0.15, 0.2) is 47.7 Å². The zero-order valence-corrected chi connectivity index (χ0v) is 11.9. The SMILES string of the molecule is O=C(c1ccoc1)N1CCn2c(Cn3cccn3)cnc2C1. The van der Waals surface area contributed by atoms with E-state index in [1.54, 1.807) is 17.2 Å². The van der Waals surface area contributed by atoms with Crippen molar-refractivity contribution in [2.45, 2.75) is 19.6 Å². The van der Waals surface area contributed by atoms with Gasteiger partial charge in [-0.2, -0.15) is 5.10 Å². The van der Waals surface area contributed by atoms with Crippen LogP contribution in [-0.4, -0.2) is 36.7 Å². The number of imidazole rings is 1. The minimum Gasteiger partial charge on any atom is -0.472 e. The second-order valence-corrected chi connectivity index (χ2v) is 5.26. The Morgan fingerprint density at radius 3 is 3.09 bits per heavy atom. The molecule has 0 N–H and O–H groups in total. The van der Waals surface area contributed by atoms with Crippen molar-refractivity contribution in [3.63, 3.8) is 0 Å². The van der Waals surface area contributed by atoms with Gasteiger partial charge in [-0.05, 0) is 12.1 Å². The van der Waals surface area contributed by atoms with Crippen LogP contribution in [0.1, 0.15) is 21.9 Å². The molecule has 4 rings (SSSR count). The van der Waals surface area contributed by atoms with Gasteiger partial charge in [0.25, 0.3) is 5.91 Å². The molecule has 0 saturated heterocycles. The molecular formula is C15H15N5O2. The molecule has 0 radical (unpaired) electrons. The summed E-state index contributed by atoms with van der Waals surface area (Å²) in [5, 5.41) is 4.22. The topological polar surface area (TPSA) is 69.1 Å². The molecule has 3 aromatic rings. The molecule has 0 unspecified atom stereocenters. The molecule has 1 aliphatic rings. The first-order chi connectivity index (χ1) is 10.8. The fourth-order valence-corrected chi connectivity index (χ4v) is 2.75.